The number of aromatic nitrogens is 3. The third-order valence-corrected chi connectivity index (χ3v) is 7.37. The van der Waals surface area contributed by atoms with E-state index in [1.165, 1.54) is 16.5 Å². The first-order valence-corrected chi connectivity index (χ1v) is 13.6. The van der Waals surface area contributed by atoms with Crippen LogP contribution in [0.1, 0.15) is 49.3 Å². The van der Waals surface area contributed by atoms with Crippen LogP contribution in [0.15, 0.2) is 59.7 Å². The summed E-state index contributed by atoms with van der Waals surface area (Å²) in [4.78, 5) is 16.7. The number of thiazole rings is 1. The average molecular weight is 564 g/mol. The van der Waals surface area contributed by atoms with Crippen LogP contribution in [-0.4, -0.2) is 52.3 Å². The molecule has 3 heterocycles. The molecule has 12 heteroatoms. The number of nitrogens with zero attached hydrogens (tertiary/aromatic N) is 3. The Labute approximate surface area is 230 Å². The van der Waals surface area contributed by atoms with Crippen LogP contribution < -0.4 is 16.5 Å². The maximum atomic E-state index is 12.7. The number of hydrogen-bond donors (Lipinski definition) is 4. The number of hydrazine groups is 1. The highest BCUT2D eigenvalue weighted by Crippen LogP contribution is 2.35. The van der Waals surface area contributed by atoms with Gasteiger partial charge in [0.25, 0.3) is 5.91 Å². The third-order valence-electron chi connectivity index (χ3n) is 6.51. The summed E-state index contributed by atoms with van der Waals surface area (Å²) in [5.74, 6) is 0.226. The van der Waals surface area contributed by atoms with Crippen LogP contribution in [0.25, 0.3) is 10.7 Å². The van der Waals surface area contributed by atoms with Crippen molar-refractivity contribution in [1.82, 2.24) is 30.9 Å². The summed E-state index contributed by atoms with van der Waals surface area (Å²) in [7, 11) is 2.01. The van der Waals surface area contributed by atoms with E-state index in [1.807, 2.05) is 36.2 Å². The zero-order chi connectivity index (χ0) is 28.7. The van der Waals surface area contributed by atoms with Crippen molar-refractivity contribution >= 4 is 17.2 Å². The lowest BCUT2D eigenvalue weighted by atomic mass is 9.89. The van der Waals surface area contributed by atoms with Crippen molar-refractivity contribution in [2.24, 2.45) is 17.6 Å². The SMILES string of the molecule is C=C1CC(N)CC1C(C)/C=C/C=C(/CC)NC(=O)c1csc(-c2cc(C(F)(F)F)[nH]n2)n1.C=C1CNN(C)C1. The highest BCUT2D eigenvalue weighted by Gasteiger charge is 2.33. The Balaban J connectivity index is 0.000000520. The van der Waals surface area contributed by atoms with E-state index in [2.05, 4.69) is 47.0 Å². The fraction of sp³-hybridized carbons (Fsp3) is 0.444. The van der Waals surface area contributed by atoms with E-state index in [4.69, 9.17) is 5.73 Å². The topological polar surface area (TPSA) is 112 Å². The molecule has 2 aliphatic rings. The summed E-state index contributed by atoms with van der Waals surface area (Å²) >= 11 is 1.05. The monoisotopic (exact) mass is 563 g/mol. The van der Waals surface area contributed by atoms with Crippen LogP contribution in [0.4, 0.5) is 13.2 Å². The normalized spacial score (nSPS) is 21.4. The number of nitrogens with one attached hydrogen (secondary N) is 3. The second kappa shape index (κ2) is 13.3. The number of hydrogen-bond acceptors (Lipinski definition) is 7. The molecule has 0 aromatic carbocycles. The number of H-pyrrole nitrogens is 1. The number of carbonyl (C=O) groups excluding carboxylic acids is 1. The number of alkyl halides is 3. The van der Waals surface area contributed by atoms with Gasteiger partial charge in [0.2, 0.25) is 0 Å². The predicted molar refractivity (Wildman–Crippen MR) is 148 cm³/mol. The van der Waals surface area contributed by atoms with Gasteiger partial charge in [-0.25, -0.2) is 9.99 Å². The van der Waals surface area contributed by atoms with Crippen LogP contribution in [0.3, 0.4) is 0 Å². The molecular formula is C27H36F3N7OS. The minimum absolute atomic E-state index is 0.0396. The molecule has 5 N–H and O–H groups in total. The Morgan fingerprint density at radius 1 is 1.41 bits per heavy atom. The molecule has 2 aromatic heterocycles. The van der Waals surface area contributed by atoms with Crippen LogP contribution in [0, 0.1) is 11.8 Å². The lowest BCUT2D eigenvalue weighted by Crippen LogP contribution is -2.25. The minimum atomic E-state index is -4.52. The molecular weight excluding hydrogens is 527 g/mol. The molecule has 1 amide bonds. The van der Waals surface area contributed by atoms with E-state index >= 15 is 0 Å². The second-order valence-electron chi connectivity index (χ2n) is 9.85. The van der Waals surface area contributed by atoms with Crippen LogP contribution in [0.5, 0.6) is 0 Å². The summed E-state index contributed by atoms with van der Waals surface area (Å²) in [5, 5.41) is 12.1. The lowest BCUT2D eigenvalue weighted by Gasteiger charge is -2.16. The molecule has 0 radical (unpaired) electrons. The number of nitrogens with two attached hydrogens (primary N) is 1. The van der Waals surface area contributed by atoms with Gasteiger partial charge < -0.3 is 11.1 Å². The van der Waals surface area contributed by atoms with E-state index in [0.717, 1.165) is 43.3 Å². The number of likely N-dealkylation sites (N-methyl/N-ethyl adjacent to an activating group) is 1. The van der Waals surface area contributed by atoms with Gasteiger partial charge in [-0.1, -0.05) is 44.7 Å². The number of carbonyl (C=O) groups is 1. The van der Waals surface area contributed by atoms with Crippen LogP contribution >= 0.6 is 11.3 Å². The van der Waals surface area contributed by atoms with Gasteiger partial charge in [-0.2, -0.15) is 18.3 Å². The summed E-state index contributed by atoms with van der Waals surface area (Å²) < 4.78 is 38.2. The van der Waals surface area contributed by atoms with E-state index in [9.17, 15) is 18.0 Å². The number of aromatic amines is 1. The molecule has 0 bridgehead atoms. The number of halogens is 3. The fourth-order valence-corrected chi connectivity index (χ4v) is 5.12. The number of rotatable bonds is 7. The summed E-state index contributed by atoms with van der Waals surface area (Å²) in [5.41, 5.74) is 11.5. The van der Waals surface area contributed by atoms with E-state index in [-0.39, 0.29) is 28.4 Å². The van der Waals surface area contributed by atoms with Crippen molar-refractivity contribution in [1.29, 1.82) is 0 Å². The molecule has 39 heavy (non-hydrogen) atoms. The molecule has 1 aliphatic heterocycles. The highest BCUT2D eigenvalue weighted by atomic mass is 32.1. The van der Waals surface area contributed by atoms with E-state index in [1.54, 1.807) is 0 Å². The second-order valence-corrected chi connectivity index (χ2v) is 10.7. The molecule has 1 saturated heterocycles. The highest BCUT2D eigenvalue weighted by molar-refractivity contribution is 7.13. The third kappa shape index (κ3) is 8.72. The Kier molecular flexibility index (Phi) is 10.4. The molecule has 1 aliphatic carbocycles. The van der Waals surface area contributed by atoms with Gasteiger partial charge in [0.05, 0.1) is 0 Å². The Hall–Kier alpha value is -3.06. The molecule has 3 atom stereocenters. The summed E-state index contributed by atoms with van der Waals surface area (Å²) in [6, 6.07) is 1.05. The van der Waals surface area contributed by atoms with Crippen LogP contribution in [-0.2, 0) is 6.18 Å². The average Bonchev–Trinajstić information content (AvgIpc) is 3.65. The minimum Gasteiger partial charge on any atom is -0.327 e. The number of amides is 1. The molecule has 3 unspecified atom stereocenters. The maximum Gasteiger partial charge on any atom is 0.432 e. The smallest absolute Gasteiger partial charge is 0.327 e. The quantitative estimate of drug-likeness (QED) is 0.277. The van der Waals surface area contributed by atoms with Crippen molar-refractivity contribution in [3.05, 3.63) is 71.1 Å². The lowest BCUT2D eigenvalue weighted by molar-refractivity contribution is -0.141. The fourth-order valence-electron chi connectivity index (χ4n) is 4.36. The van der Waals surface area contributed by atoms with Gasteiger partial charge in [-0.15, -0.1) is 11.3 Å². The molecule has 4 rings (SSSR count). The maximum absolute atomic E-state index is 12.7. The Bertz CT molecular complexity index is 1230. The van der Waals surface area contributed by atoms with Gasteiger partial charge in [0.15, 0.2) is 0 Å². The standard InChI is InChI=1S/C22H26F3N5OS.C5H10N2/c1-4-15(7-5-6-12(2)16-9-14(26)8-13(16)3)27-20(31)18-11-32-21(28-18)17-10-19(30-29-17)22(23,24)25;1-5-3-6-7(2)4-5/h5-7,10-12,14,16H,3-4,8-9,26H2,1-2H3,(H,27,31)(H,29,30);6H,1,3-4H2,2H3/b6-5+,15-7-;. The Morgan fingerprint density at radius 2 is 2.15 bits per heavy atom. The van der Waals surface area contributed by atoms with Gasteiger partial charge in [0.1, 0.15) is 22.1 Å². The molecule has 8 nitrogen and oxygen atoms in total. The van der Waals surface area contributed by atoms with Gasteiger partial charge in [0, 0.05) is 37.3 Å². The first-order chi connectivity index (χ1) is 18.4. The van der Waals surface area contributed by atoms with Crippen molar-refractivity contribution in [2.75, 3.05) is 20.1 Å². The summed E-state index contributed by atoms with van der Waals surface area (Å²) in [6.45, 7) is 13.9. The van der Waals surface area contributed by atoms with E-state index < -0.39 is 17.8 Å². The first-order valence-electron chi connectivity index (χ1n) is 12.7. The molecule has 212 valence electrons. The van der Waals surface area contributed by atoms with Crippen molar-refractivity contribution in [2.45, 2.75) is 45.3 Å². The van der Waals surface area contributed by atoms with Gasteiger partial charge in [-0.05, 0) is 48.8 Å². The largest absolute Gasteiger partial charge is 0.432 e. The van der Waals surface area contributed by atoms with Gasteiger partial charge in [-0.3, -0.25) is 15.3 Å². The van der Waals surface area contributed by atoms with Crippen molar-refractivity contribution < 1.29 is 18.0 Å². The zero-order valence-corrected chi connectivity index (χ0v) is 23.3. The molecule has 2 aromatic rings. The molecule has 1 saturated carbocycles. The van der Waals surface area contributed by atoms with Crippen molar-refractivity contribution in [3.8, 4) is 10.7 Å². The van der Waals surface area contributed by atoms with Crippen LogP contribution in [0.2, 0.25) is 0 Å². The Morgan fingerprint density at radius 3 is 2.67 bits per heavy atom. The number of allylic oxidation sites excluding steroid dienone is 4. The zero-order valence-electron chi connectivity index (χ0n) is 22.4. The first kappa shape index (κ1) is 30.5. The molecule has 0 spiro atoms. The van der Waals surface area contributed by atoms with Crippen molar-refractivity contribution in [3.63, 3.8) is 0 Å². The predicted octanol–water partition coefficient (Wildman–Crippen LogP) is 5.05. The summed E-state index contributed by atoms with van der Waals surface area (Å²) in [6.07, 6.45) is 3.69. The molecule has 2 fully saturated rings. The van der Waals surface area contributed by atoms with Gasteiger partial charge >= 0.3 is 6.18 Å². The van der Waals surface area contributed by atoms with E-state index in [0.29, 0.717) is 18.0 Å².